The number of pyridine rings is 1. The molecule has 0 amide bonds. The minimum atomic E-state index is 0.106. The normalized spacial score (nSPS) is 24.2. The van der Waals surface area contributed by atoms with Crippen LogP contribution in [0.4, 0.5) is 10.9 Å². The standard InChI is InChI=1S/C19H20N4S2/c1-19(2)14-6-5-9-20-17(14)23(25-19)13-10-12(11-13)21-18-22-15-7-3-4-8-16(15)24-18/h3-9,12-13H,10-11H2,1-2H3,(H,21,22)/t12-,13-. The summed E-state index contributed by atoms with van der Waals surface area (Å²) in [6.45, 7) is 4.57. The Morgan fingerprint density at radius 2 is 2.00 bits per heavy atom. The van der Waals surface area contributed by atoms with Crippen molar-refractivity contribution in [3.8, 4) is 0 Å². The van der Waals surface area contributed by atoms with E-state index in [1.54, 1.807) is 11.3 Å². The number of para-hydroxylation sites is 1. The zero-order chi connectivity index (χ0) is 17.0. The van der Waals surface area contributed by atoms with Gasteiger partial charge in [0.25, 0.3) is 0 Å². The van der Waals surface area contributed by atoms with Gasteiger partial charge in [-0.05, 0) is 56.8 Å². The number of hydrogen-bond donors (Lipinski definition) is 1. The molecule has 5 rings (SSSR count). The molecule has 6 heteroatoms. The van der Waals surface area contributed by atoms with Crippen LogP contribution < -0.4 is 9.62 Å². The average molecular weight is 369 g/mol. The summed E-state index contributed by atoms with van der Waals surface area (Å²) in [6, 6.07) is 13.6. The van der Waals surface area contributed by atoms with Gasteiger partial charge in [-0.3, -0.25) is 4.31 Å². The Balaban J connectivity index is 1.28. The largest absolute Gasteiger partial charge is 0.359 e. The smallest absolute Gasteiger partial charge is 0.184 e. The lowest BCUT2D eigenvalue weighted by Gasteiger charge is -2.41. The third kappa shape index (κ3) is 2.59. The summed E-state index contributed by atoms with van der Waals surface area (Å²) in [5.41, 5.74) is 2.43. The molecule has 3 aromatic rings. The molecule has 2 aromatic heterocycles. The maximum Gasteiger partial charge on any atom is 0.184 e. The minimum Gasteiger partial charge on any atom is -0.359 e. The Morgan fingerprint density at radius 1 is 1.16 bits per heavy atom. The summed E-state index contributed by atoms with van der Waals surface area (Å²) in [5.74, 6) is 1.15. The molecule has 1 N–H and O–H groups in total. The summed E-state index contributed by atoms with van der Waals surface area (Å²) < 4.78 is 3.79. The van der Waals surface area contributed by atoms with Crippen LogP contribution in [-0.4, -0.2) is 22.1 Å². The fourth-order valence-corrected chi connectivity index (χ4v) is 5.88. The number of anilines is 2. The predicted octanol–water partition coefficient (Wildman–Crippen LogP) is 5.04. The quantitative estimate of drug-likeness (QED) is 0.656. The maximum absolute atomic E-state index is 4.69. The number of fused-ring (bicyclic) bond motifs is 2. The molecule has 1 aliphatic carbocycles. The van der Waals surface area contributed by atoms with Gasteiger partial charge in [-0.1, -0.05) is 29.5 Å². The number of thiazole rings is 1. The first kappa shape index (κ1) is 15.5. The molecule has 0 spiro atoms. The van der Waals surface area contributed by atoms with E-state index in [1.165, 1.54) is 10.3 Å². The lowest BCUT2D eigenvalue weighted by atomic mass is 9.86. The van der Waals surface area contributed by atoms with Gasteiger partial charge in [0, 0.05) is 23.8 Å². The van der Waals surface area contributed by atoms with Gasteiger partial charge in [0.15, 0.2) is 5.13 Å². The molecule has 1 aromatic carbocycles. The van der Waals surface area contributed by atoms with E-state index in [-0.39, 0.29) is 4.75 Å². The van der Waals surface area contributed by atoms with Gasteiger partial charge in [-0.15, -0.1) is 0 Å². The predicted molar refractivity (Wildman–Crippen MR) is 107 cm³/mol. The SMILES string of the molecule is CC1(C)SN([C@H]2C[C@H](Nc3nc4ccccc4s3)C2)c2ncccc21. The van der Waals surface area contributed by atoms with Crippen molar-refractivity contribution >= 4 is 44.5 Å². The van der Waals surface area contributed by atoms with Crippen molar-refractivity contribution in [2.24, 2.45) is 0 Å². The Hall–Kier alpha value is -1.79. The number of rotatable bonds is 3. The number of nitrogens with one attached hydrogen (secondary N) is 1. The van der Waals surface area contributed by atoms with Crippen LogP contribution in [0.25, 0.3) is 10.2 Å². The molecule has 3 heterocycles. The molecule has 1 fully saturated rings. The van der Waals surface area contributed by atoms with Crippen LogP contribution in [0.3, 0.4) is 0 Å². The highest BCUT2D eigenvalue weighted by atomic mass is 32.2. The van der Waals surface area contributed by atoms with Crippen molar-refractivity contribution < 1.29 is 0 Å². The molecule has 2 aliphatic rings. The van der Waals surface area contributed by atoms with Crippen molar-refractivity contribution in [2.45, 2.75) is 43.5 Å². The zero-order valence-electron chi connectivity index (χ0n) is 14.3. The van der Waals surface area contributed by atoms with Gasteiger partial charge in [0.05, 0.1) is 15.0 Å². The molecule has 0 saturated heterocycles. The fourth-order valence-electron chi connectivity index (χ4n) is 3.63. The average Bonchev–Trinajstić information content (AvgIpc) is 3.09. The van der Waals surface area contributed by atoms with Crippen LogP contribution in [0, 0.1) is 0 Å². The second-order valence-electron chi connectivity index (χ2n) is 7.26. The first-order valence-electron chi connectivity index (χ1n) is 8.66. The number of hydrogen-bond acceptors (Lipinski definition) is 6. The Morgan fingerprint density at radius 3 is 2.84 bits per heavy atom. The van der Waals surface area contributed by atoms with Crippen LogP contribution in [0.15, 0.2) is 42.6 Å². The summed E-state index contributed by atoms with van der Waals surface area (Å²) in [5, 5.41) is 4.66. The monoisotopic (exact) mass is 368 g/mol. The fraction of sp³-hybridized carbons (Fsp3) is 0.368. The van der Waals surface area contributed by atoms with Crippen LogP contribution >= 0.6 is 23.3 Å². The highest BCUT2D eigenvalue weighted by molar-refractivity contribution is 8.02. The van der Waals surface area contributed by atoms with E-state index in [2.05, 4.69) is 52.7 Å². The molecule has 25 heavy (non-hydrogen) atoms. The van der Waals surface area contributed by atoms with Gasteiger partial charge >= 0.3 is 0 Å². The van der Waals surface area contributed by atoms with Gasteiger partial charge in [0.2, 0.25) is 0 Å². The molecule has 0 radical (unpaired) electrons. The van der Waals surface area contributed by atoms with E-state index in [1.807, 2.05) is 30.3 Å². The summed E-state index contributed by atoms with van der Waals surface area (Å²) >= 11 is 3.67. The van der Waals surface area contributed by atoms with E-state index in [4.69, 9.17) is 4.98 Å². The number of aromatic nitrogens is 2. The van der Waals surface area contributed by atoms with Crippen LogP contribution in [-0.2, 0) is 4.75 Å². The molecular formula is C19H20N4S2. The van der Waals surface area contributed by atoms with E-state index in [0.29, 0.717) is 12.1 Å². The van der Waals surface area contributed by atoms with Gasteiger partial charge in [-0.25, -0.2) is 9.97 Å². The molecule has 1 saturated carbocycles. The Kier molecular flexibility index (Phi) is 3.47. The highest BCUT2D eigenvalue weighted by Gasteiger charge is 2.44. The Bertz CT molecular complexity index is 897. The first-order chi connectivity index (χ1) is 12.1. The van der Waals surface area contributed by atoms with Crippen molar-refractivity contribution in [1.82, 2.24) is 9.97 Å². The van der Waals surface area contributed by atoms with Gasteiger partial charge in [-0.2, -0.15) is 0 Å². The molecule has 128 valence electrons. The van der Waals surface area contributed by atoms with Crippen LogP contribution in [0.5, 0.6) is 0 Å². The van der Waals surface area contributed by atoms with Crippen molar-refractivity contribution in [2.75, 3.05) is 9.62 Å². The van der Waals surface area contributed by atoms with E-state index in [9.17, 15) is 0 Å². The third-order valence-electron chi connectivity index (χ3n) is 5.04. The zero-order valence-corrected chi connectivity index (χ0v) is 15.9. The second kappa shape index (κ2) is 5.61. The molecule has 0 bridgehead atoms. The molecule has 0 atom stereocenters. The van der Waals surface area contributed by atoms with E-state index >= 15 is 0 Å². The number of benzene rings is 1. The third-order valence-corrected chi connectivity index (χ3v) is 7.35. The van der Waals surface area contributed by atoms with Gasteiger partial charge in [0.1, 0.15) is 5.82 Å². The summed E-state index contributed by atoms with van der Waals surface area (Å²) in [7, 11) is 0. The Labute approximate surface area is 155 Å². The number of nitrogens with zero attached hydrogens (tertiary/aromatic N) is 3. The van der Waals surface area contributed by atoms with E-state index < -0.39 is 0 Å². The van der Waals surface area contributed by atoms with Crippen molar-refractivity contribution in [1.29, 1.82) is 0 Å². The van der Waals surface area contributed by atoms with Crippen molar-refractivity contribution in [3.05, 3.63) is 48.2 Å². The van der Waals surface area contributed by atoms with Gasteiger partial charge < -0.3 is 5.32 Å². The molecule has 4 nitrogen and oxygen atoms in total. The topological polar surface area (TPSA) is 41.0 Å². The lowest BCUT2D eigenvalue weighted by Crippen LogP contribution is -2.47. The summed E-state index contributed by atoms with van der Waals surface area (Å²) in [6.07, 6.45) is 4.17. The molecule has 0 unspecified atom stereocenters. The van der Waals surface area contributed by atoms with E-state index in [0.717, 1.165) is 29.3 Å². The second-order valence-corrected chi connectivity index (χ2v) is 9.88. The molecule has 1 aliphatic heterocycles. The highest BCUT2D eigenvalue weighted by Crippen LogP contribution is 2.53. The first-order valence-corrected chi connectivity index (χ1v) is 10.3. The van der Waals surface area contributed by atoms with Crippen LogP contribution in [0.1, 0.15) is 32.3 Å². The lowest BCUT2D eigenvalue weighted by molar-refractivity contribution is 0.379. The minimum absolute atomic E-state index is 0.106. The van der Waals surface area contributed by atoms with Crippen molar-refractivity contribution in [3.63, 3.8) is 0 Å². The molecular weight excluding hydrogens is 348 g/mol. The maximum atomic E-state index is 4.69. The van der Waals surface area contributed by atoms with Crippen LogP contribution in [0.2, 0.25) is 0 Å². The summed E-state index contributed by atoms with van der Waals surface area (Å²) in [4.78, 5) is 9.34.